The molecule has 0 aliphatic carbocycles. The van der Waals surface area contributed by atoms with Crippen molar-refractivity contribution in [2.45, 2.75) is 153 Å². The molecule has 0 aromatic rings. The standard InChI is InChI=1S/C33H66O12/c1-2-3-4-5-6-7-8-9-10-11-12-13-14-25(15-26(39)20-34)32(16-27(40)21-35,17-28(41)22-36)33(31(44)45,18-29(42)23-37)19-30(43)24-38/h25-30,34-43H,2-24H2,1H3,(H,44,45). The maximum absolute atomic E-state index is 13.4. The minimum Gasteiger partial charge on any atom is -0.481 e. The van der Waals surface area contributed by atoms with Gasteiger partial charge in [0.05, 0.1) is 69.0 Å². The number of carboxylic acids is 1. The van der Waals surface area contributed by atoms with E-state index in [0.29, 0.717) is 6.42 Å². The molecule has 12 heteroatoms. The summed E-state index contributed by atoms with van der Waals surface area (Å²) >= 11 is 0. The third-order valence-electron chi connectivity index (χ3n) is 9.53. The van der Waals surface area contributed by atoms with Crippen molar-refractivity contribution >= 4 is 5.97 Å². The Balaban J connectivity index is 6.47. The number of rotatable bonds is 31. The van der Waals surface area contributed by atoms with E-state index in [4.69, 9.17) is 0 Å². The molecule has 0 fully saturated rings. The summed E-state index contributed by atoms with van der Waals surface area (Å²) in [6.07, 6.45) is 3.21. The number of unbranched alkanes of at least 4 members (excludes halogenated alkanes) is 11. The van der Waals surface area contributed by atoms with Gasteiger partial charge in [0.15, 0.2) is 0 Å². The first-order chi connectivity index (χ1) is 21.4. The van der Waals surface area contributed by atoms with E-state index in [-0.39, 0.29) is 12.8 Å². The molecule has 0 aromatic carbocycles. The zero-order valence-corrected chi connectivity index (χ0v) is 27.6. The van der Waals surface area contributed by atoms with Crippen LogP contribution in [0.15, 0.2) is 0 Å². The average Bonchev–Trinajstić information content (AvgIpc) is 3.03. The molecule has 0 spiro atoms. The van der Waals surface area contributed by atoms with Gasteiger partial charge in [0.1, 0.15) is 0 Å². The molecule has 0 saturated carbocycles. The SMILES string of the molecule is CCCCCCCCCCCCCCC(CC(O)CO)C(CC(O)CO)(CC(O)CO)C(CC(O)CO)(CC(O)CO)C(=O)O. The molecular formula is C33H66O12. The molecule has 6 unspecified atom stereocenters. The predicted octanol–water partition coefficient (Wildman–Crippen LogP) is 1.47. The lowest BCUT2D eigenvalue weighted by atomic mass is 9.48. The lowest BCUT2D eigenvalue weighted by molar-refractivity contribution is -0.188. The molecule has 45 heavy (non-hydrogen) atoms. The van der Waals surface area contributed by atoms with Crippen LogP contribution in [0.3, 0.4) is 0 Å². The summed E-state index contributed by atoms with van der Waals surface area (Å²) in [6.45, 7) is -1.71. The summed E-state index contributed by atoms with van der Waals surface area (Å²) in [4.78, 5) is 13.4. The van der Waals surface area contributed by atoms with Crippen LogP contribution in [0.5, 0.6) is 0 Å². The summed E-state index contributed by atoms with van der Waals surface area (Å²) < 4.78 is 0. The maximum Gasteiger partial charge on any atom is 0.310 e. The Morgan fingerprint density at radius 1 is 0.511 bits per heavy atom. The van der Waals surface area contributed by atoms with E-state index in [1.807, 2.05) is 0 Å². The molecule has 0 saturated heterocycles. The van der Waals surface area contributed by atoms with Gasteiger partial charge in [0, 0.05) is 0 Å². The molecule has 0 aliphatic heterocycles. The van der Waals surface area contributed by atoms with Crippen LogP contribution in [0.4, 0.5) is 0 Å². The Kier molecular flexibility index (Phi) is 24.6. The van der Waals surface area contributed by atoms with Gasteiger partial charge in [0.2, 0.25) is 0 Å². The van der Waals surface area contributed by atoms with Gasteiger partial charge in [-0.15, -0.1) is 0 Å². The minimum atomic E-state index is -2.22. The van der Waals surface area contributed by atoms with Crippen molar-refractivity contribution in [2.24, 2.45) is 16.7 Å². The Hall–Kier alpha value is -0.930. The van der Waals surface area contributed by atoms with Gasteiger partial charge in [-0.25, -0.2) is 0 Å². The first kappa shape index (κ1) is 44.1. The second-order valence-electron chi connectivity index (χ2n) is 13.2. The summed E-state index contributed by atoms with van der Waals surface area (Å²) in [7, 11) is 0. The number of aliphatic carboxylic acids is 1. The van der Waals surface area contributed by atoms with Crippen LogP contribution in [0.25, 0.3) is 0 Å². The third kappa shape index (κ3) is 15.7. The Bertz CT molecular complexity index is 700. The monoisotopic (exact) mass is 654 g/mol. The van der Waals surface area contributed by atoms with E-state index < -0.39 is 112 Å². The van der Waals surface area contributed by atoms with Crippen LogP contribution < -0.4 is 0 Å². The molecule has 0 aliphatic rings. The predicted molar refractivity (Wildman–Crippen MR) is 170 cm³/mol. The van der Waals surface area contributed by atoms with Crippen molar-refractivity contribution in [1.82, 2.24) is 0 Å². The quantitative estimate of drug-likeness (QED) is 0.0477. The molecule has 270 valence electrons. The average molecular weight is 655 g/mol. The summed E-state index contributed by atoms with van der Waals surface area (Å²) in [5, 5.41) is 113. The number of hydrogen-bond donors (Lipinski definition) is 11. The van der Waals surface area contributed by atoms with Crippen molar-refractivity contribution in [3.63, 3.8) is 0 Å². The number of hydrogen-bond acceptors (Lipinski definition) is 11. The summed E-state index contributed by atoms with van der Waals surface area (Å²) in [6, 6.07) is 0. The number of carbonyl (C=O) groups is 1. The van der Waals surface area contributed by atoms with E-state index in [1.54, 1.807) is 0 Å². The molecule has 11 N–H and O–H groups in total. The number of aliphatic hydroxyl groups is 10. The van der Waals surface area contributed by atoms with Crippen LogP contribution in [-0.4, -0.2) is 126 Å². The highest BCUT2D eigenvalue weighted by molar-refractivity contribution is 5.76. The fourth-order valence-electron chi connectivity index (χ4n) is 7.23. The molecule has 0 heterocycles. The Morgan fingerprint density at radius 3 is 1.18 bits per heavy atom. The highest BCUT2D eigenvalue weighted by Gasteiger charge is 2.61. The summed E-state index contributed by atoms with van der Waals surface area (Å²) in [5.41, 5.74) is -4.02. The molecule has 0 rings (SSSR count). The molecular weight excluding hydrogens is 588 g/mol. The molecule has 0 bridgehead atoms. The molecule has 0 amide bonds. The number of aliphatic hydroxyl groups excluding tert-OH is 10. The zero-order valence-electron chi connectivity index (χ0n) is 27.6. The van der Waals surface area contributed by atoms with Gasteiger partial charge in [-0.05, 0) is 49.9 Å². The molecule has 0 radical (unpaired) electrons. The normalized spacial score (nSPS) is 18.8. The van der Waals surface area contributed by atoms with Crippen LogP contribution in [0, 0.1) is 16.7 Å². The molecule has 6 atom stereocenters. The first-order valence-electron chi connectivity index (χ1n) is 17.1. The minimum absolute atomic E-state index is 0.176. The van der Waals surface area contributed by atoms with Crippen LogP contribution >= 0.6 is 0 Å². The van der Waals surface area contributed by atoms with Crippen molar-refractivity contribution in [3.05, 3.63) is 0 Å². The van der Waals surface area contributed by atoms with Gasteiger partial charge in [-0.3, -0.25) is 4.79 Å². The van der Waals surface area contributed by atoms with E-state index in [9.17, 15) is 61.0 Å². The van der Waals surface area contributed by atoms with E-state index in [1.165, 1.54) is 38.5 Å². The highest BCUT2D eigenvalue weighted by atomic mass is 16.4. The zero-order chi connectivity index (χ0) is 34.3. The van der Waals surface area contributed by atoms with E-state index in [2.05, 4.69) is 6.92 Å². The molecule has 12 nitrogen and oxygen atoms in total. The van der Waals surface area contributed by atoms with Crippen LogP contribution in [0.2, 0.25) is 0 Å². The van der Waals surface area contributed by atoms with Gasteiger partial charge < -0.3 is 56.2 Å². The van der Waals surface area contributed by atoms with E-state index in [0.717, 1.165) is 32.1 Å². The topological polar surface area (TPSA) is 240 Å². The maximum atomic E-state index is 13.4. The van der Waals surface area contributed by atoms with Crippen molar-refractivity contribution < 1.29 is 61.0 Å². The summed E-state index contributed by atoms with van der Waals surface area (Å²) in [5.74, 6) is -2.41. The third-order valence-corrected chi connectivity index (χ3v) is 9.53. The second-order valence-corrected chi connectivity index (χ2v) is 13.2. The Morgan fingerprint density at radius 2 is 0.844 bits per heavy atom. The fraction of sp³-hybridized carbons (Fsp3) is 0.970. The fourth-order valence-corrected chi connectivity index (χ4v) is 7.23. The van der Waals surface area contributed by atoms with Gasteiger partial charge in [-0.1, -0.05) is 84.0 Å². The van der Waals surface area contributed by atoms with Crippen molar-refractivity contribution in [3.8, 4) is 0 Å². The molecule has 0 aromatic heterocycles. The van der Waals surface area contributed by atoms with Gasteiger partial charge in [0.25, 0.3) is 0 Å². The first-order valence-corrected chi connectivity index (χ1v) is 17.1. The van der Waals surface area contributed by atoms with Gasteiger partial charge >= 0.3 is 5.97 Å². The van der Waals surface area contributed by atoms with E-state index >= 15 is 0 Å². The Labute approximate surface area is 269 Å². The van der Waals surface area contributed by atoms with Gasteiger partial charge in [-0.2, -0.15) is 0 Å². The lowest BCUT2D eigenvalue weighted by Gasteiger charge is -2.55. The largest absolute Gasteiger partial charge is 0.481 e. The smallest absolute Gasteiger partial charge is 0.310 e. The second kappa shape index (κ2) is 25.1. The van der Waals surface area contributed by atoms with Crippen LogP contribution in [-0.2, 0) is 4.79 Å². The highest BCUT2D eigenvalue weighted by Crippen LogP contribution is 2.59. The van der Waals surface area contributed by atoms with Crippen molar-refractivity contribution in [2.75, 3.05) is 33.0 Å². The van der Waals surface area contributed by atoms with Crippen molar-refractivity contribution in [1.29, 1.82) is 0 Å². The lowest BCUT2D eigenvalue weighted by Crippen LogP contribution is -2.58. The number of carboxylic acid groups (broad SMARTS) is 1. The van der Waals surface area contributed by atoms with Crippen LogP contribution in [0.1, 0.15) is 122 Å².